The third-order valence-electron chi connectivity index (χ3n) is 7.63. The number of carbonyl (C=O) groups excluding carboxylic acids is 1. The first-order chi connectivity index (χ1) is 23.1. The molecule has 0 aliphatic carbocycles. The molecule has 0 amide bonds. The Labute approximate surface area is 280 Å². The minimum atomic E-state index is -5.03. The average Bonchev–Trinajstić information content (AvgIpc) is 3.46. The second-order valence-electron chi connectivity index (χ2n) is 11.3. The van der Waals surface area contributed by atoms with Gasteiger partial charge in [-0.2, -0.15) is 36.4 Å². The van der Waals surface area contributed by atoms with E-state index in [1.807, 2.05) is 0 Å². The number of hydrogen-bond acceptors (Lipinski definition) is 6. The van der Waals surface area contributed by atoms with E-state index in [0.717, 1.165) is 17.2 Å². The van der Waals surface area contributed by atoms with Gasteiger partial charge >= 0.3 is 12.4 Å². The van der Waals surface area contributed by atoms with Crippen LogP contribution in [0.4, 0.5) is 30.7 Å². The lowest BCUT2D eigenvalue weighted by Crippen LogP contribution is -2.33. The summed E-state index contributed by atoms with van der Waals surface area (Å²) in [6.07, 6.45) is -5.19. The number of aldehydes is 1. The van der Waals surface area contributed by atoms with Gasteiger partial charge in [-0.05, 0) is 59.1 Å². The minimum absolute atomic E-state index is 0.0588. The van der Waals surface area contributed by atoms with E-state index in [9.17, 15) is 40.3 Å². The molecule has 2 heterocycles. The predicted octanol–water partition coefficient (Wildman–Crippen LogP) is 7.53. The van der Waals surface area contributed by atoms with Gasteiger partial charge in [0.1, 0.15) is 12.0 Å². The largest absolute Gasteiger partial charge is 0.417 e. The van der Waals surface area contributed by atoms with Crippen molar-refractivity contribution in [2.75, 3.05) is 7.05 Å². The number of benzene rings is 3. The van der Waals surface area contributed by atoms with Gasteiger partial charge < -0.3 is 4.57 Å². The molecule has 0 fully saturated rings. The summed E-state index contributed by atoms with van der Waals surface area (Å²) in [5.41, 5.74) is -1.26. The Balaban J connectivity index is 1.43. The highest BCUT2D eigenvalue weighted by Crippen LogP contribution is 2.41. The third kappa shape index (κ3) is 8.64. The molecule has 15 heteroatoms. The van der Waals surface area contributed by atoms with Crippen molar-refractivity contribution in [2.24, 2.45) is 7.05 Å². The van der Waals surface area contributed by atoms with Crippen molar-refractivity contribution in [3.05, 3.63) is 135 Å². The quantitative estimate of drug-likeness (QED) is 0.0613. The maximum atomic E-state index is 13.8. The highest BCUT2D eigenvalue weighted by Gasteiger charge is 2.38. The summed E-state index contributed by atoms with van der Waals surface area (Å²) in [4.78, 5) is 31.6. The molecular formula is C34H28F7N5O2S. The molecule has 0 saturated heterocycles. The number of halogens is 7. The molecule has 49 heavy (non-hydrogen) atoms. The normalized spacial score (nSPS) is 12.8. The summed E-state index contributed by atoms with van der Waals surface area (Å²) in [5.74, 6) is -0.0886. The molecule has 1 atom stereocenters. The fourth-order valence-electron chi connectivity index (χ4n) is 5.18. The Bertz CT molecular complexity index is 1990. The van der Waals surface area contributed by atoms with E-state index >= 15 is 0 Å². The summed E-state index contributed by atoms with van der Waals surface area (Å²) in [6.45, 7) is 0.120. The van der Waals surface area contributed by atoms with Crippen LogP contribution in [0.15, 0.2) is 95.3 Å². The van der Waals surface area contributed by atoms with Gasteiger partial charge in [0, 0.05) is 43.7 Å². The van der Waals surface area contributed by atoms with E-state index in [1.54, 1.807) is 59.0 Å². The highest BCUT2D eigenvalue weighted by molar-refractivity contribution is 7.98. The van der Waals surface area contributed by atoms with Crippen LogP contribution in [0.1, 0.15) is 39.5 Å². The summed E-state index contributed by atoms with van der Waals surface area (Å²) < 4.78 is 97.3. The average molecular weight is 704 g/mol. The molecule has 2 aromatic heterocycles. The molecule has 0 N–H and O–H groups in total. The summed E-state index contributed by atoms with van der Waals surface area (Å²) in [7, 11) is 3.37. The van der Waals surface area contributed by atoms with Crippen LogP contribution in [0.5, 0.6) is 0 Å². The molecule has 256 valence electrons. The maximum absolute atomic E-state index is 13.8. The van der Waals surface area contributed by atoms with Gasteiger partial charge in [0.2, 0.25) is 0 Å². The smallest absolute Gasteiger partial charge is 0.304 e. The zero-order valence-electron chi connectivity index (χ0n) is 26.0. The first kappa shape index (κ1) is 35.5. The van der Waals surface area contributed by atoms with Gasteiger partial charge in [-0.25, -0.2) is 4.39 Å². The Hall–Kier alpha value is -4.76. The number of carbonyl (C=O) groups is 1. The fraction of sp³-hybridized carbons (Fsp3) is 0.235. The van der Waals surface area contributed by atoms with Crippen molar-refractivity contribution in [1.29, 1.82) is 0 Å². The van der Waals surface area contributed by atoms with E-state index in [2.05, 4.69) is 10.1 Å². The monoisotopic (exact) mass is 703 g/mol. The van der Waals surface area contributed by atoms with Crippen LogP contribution in [-0.2, 0) is 42.9 Å². The minimum Gasteiger partial charge on any atom is -0.304 e. The lowest BCUT2D eigenvalue weighted by molar-refractivity contribution is -0.142. The van der Waals surface area contributed by atoms with Gasteiger partial charge in [0.15, 0.2) is 11.4 Å². The standard InChI is InChI=1S/C34H28F7N5O2S/c1-44(16-21-3-7-24(8-4-21)28-12-9-26(33(36,37)38)14-29(28)34(39,40)41)30(19-47)46-18-25(13-23-15-42-45(2)17-23)31(48)43-32(46)49-20-22-5-10-27(35)11-6-22/h3-12,14-15,17-19,30H,13,16,20H2,1-2H3. The Kier molecular flexibility index (Phi) is 10.4. The number of hydrogen-bond donors (Lipinski definition) is 0. The second kappa shape index (κ2) is 14.4. The number of aromatic nitrogens is 4. The maximum Gasteiger partial charge on any atom is 0.417 e. The first-order valence-electron chi connectivity index (χ1n) is 14.6. The molecule has 0 aliphatic heterocycles. The molecule has 1 unspecified atom stereocenters. The molecule has 5 aromatic rings. The van der Waals surface area contributed by atoms with Gasteiger partial charge in [-0.15, -0.1) is 0 Å². The van der Waals surface area contributed by atoms with E-state index in [4.69, 9.17) is 0 Å². The number of nitrogens with zero attached hydrogens (tertiary/aromatic N) is 5. The number of aryl methyl sites for hydroxylation is 1. The van der Waals surface area contributed by atoms with Gasteiger partial charge in [-0.1, -0.05) is 54.2 Å². The van der Waals surface area contributed by atoms with Crippen LogP contribution in [0.25, 0.3) is 11.1 Å². The Morgan fingerprint density at radius 1 is 0.898 bits per heavy atom. The van der Waals surface area contributed by atoms with Crippen molar-refractivity contribution in [2.45, 2.75) is 42.4 Å². The number of thioether (sulfide) groups is 1. The van der Waals surface area contributed by atoms with Crippen LogP contribution >= 0.6 is 11.8 Å². The van der Waals surface area contributed by atoms with Crippen molar-refractivity contribution < 1.29 is 35.5 Å². The molecule has 0 saturated carbocycles. The number of alkyl halides is 6. The predicted molar refractivity (Wildman–Crippen MR) is 169 cm³/mol. The van der Waals surface area contributed by atoms with Crippen LogP contribution in [-0.4, -0.2) is 37.6 Å². The molecule has 0 aliphatic rings. The fourth-order valence-corrected chi connectivity index (χ4v) is 6.13. The van der Waals surface area contributed by atoms with Crippen molar-refractivity contribution in [1.82, 2.24) is 24.2 Å². The van der Waals surface area contributed by atoms with E-state index in [-0.39, 0.29) is 29.8 Å². The van der Waals surface area contributed by atoms with E-state index in [1.165, 1.54) is 48.2 Å². The lowest BCUT2D eigenvalue weighted by Gasteiger charge is -2.28. The first-order valence-corrected chi connectivity index (χ1v) is 15.6. The van der Waals surface area contributed by atoms with E-state index < -0.39 is 46.6 Å². The summed E-state index contributed by atoms with van der Waals surface area (Å²) in [6, 6.07) is 13.1. The summed E-state index contributed by atoms with van der Waals surface area (Å²) >= 11 is 1.18. The van der Waals surface area contributed by atoms with Crippen LogP contribution < -0.4 is 5.56 Å². The van der Waals surface area contributed by atoms with Crippen LogP contribution in [0.3, 0.4) is 0 Å². The van der Waals surface area contributed by atoms with Crippen LogP contribution in [0.2, 0.25) is 0 Å². The molecule has 5 rings (SSSR count). The Morgan fingerprint density at radius 2 is 1.57 bits per heavy atom. The molecule has 7 nitrogen and oxygen atoms in total. The van der Waals surface area contributed by atoms with Crippen LogP contribution in [0, 0.1) is 5.82 Å². The zero-order chi connectivity index (χ0) is 35.5. The molecular weight excluding hydrogens is 675 g/mol. The van der Waals surface area contributed by atoms with Gasteiger partial charge in [0.05, 0.1) is 17.3 Å². The number of rotatable bonds is 11. The van der Waals surface area contributed by atoms with Crippen molar-refractivity contribution in [3.8, 4) is 11.1 Å². The summed E-state index contributed by atoms with van der Waals surface area (Å²) in [5, 5.41) is 4.35. The molecule has 0 spiro atoms. The lowest BCUT2D eigenvalue weighted by atomic mass is 9.96. The molecule has 0 bridgehead atoms. The third-order valence-corrected chi connectivity index (χ3v) is 8.67. The van der Waals surface area contributed by atoms with Crippen molar-refractivity contribution in [3.63, 3.8) is 0 Å². The topological polar surface area (TPSA) is 73.0 Å². The molecule has 3 aromatic carbocycles. The second-order valence-corrected chi connectivity index (χ2v) is 12.2. The van der Waals surface area contributed by atoms with Gasteiger partial charge in [-0.3, -0.25) is 19.2 Å². The number of likely N-dealkylation sites (N-methyl/N-ethyl adjacent to an activating group) is 1. The van der Waals surface area contributed by atoms with E-state index in [0.29, 0.717) is 29.2 Å². The SMILES string of the molecule is CN(Cc1ccc(-c2ccc(C(F)(F)F)cc2C(F)(F)F)cc1)C(C=O)n1cc(Cc2cnn(C)c2)c(=O)nc1SCc1ccc(F)cc1. The molecule has 0 radical (unpaired) electrons. The highest BCUT2D eigenvalue weighted by atomic mass is 32.2. The van der Waals surface area contributed by atoms with Crippen molar-refractivity contribution >= 4 is 18.0 Å². The van der Waals surface area contributed by atoms with Gasteiger partial charge in [0.25, 0.3) is 5.56 Å². The Morgan fingerprint density at radius 3 is 2.16 bits per heavy atom. The zero-order valence-corrected chi connectivity index (χ0v) is 26.8.